The molecule has 5 heteroatoms. The van der Waals surface area contributed by atoms with Crippen molar-refractivity contribution in [1.82, 2.24) is 0 Å². The van der Waals surface area contributed by atoms with Gasteiger partial charge in [0.2, 0.25) is 5.91 Å². The van der Waals surface area contributed by atoms with Crippen LogP contribution in [0.1, 0.15) is 20.3 Å². The standard InChI is InChI=1S/C19H23FN2O2/c1-14(2)11-12-24-16-9-7-15(8-10-16)22-19(23)13-21-18-6-4-3-5-17(18)20/h3-10,14,21H,11-13H2,1-2H3,(H,22,23). The van der Waals surface area contributed by atoms with Crippen LogP contribution < -0.4 is 15.4 Å². The number of anilines is 2. The van der Waals surface area contributed by atoms with Crippen LogP contribution in [0.15, 0.2) is 48.5 Å². The number of para-hydroxylation sites is 1. The Kier molecular flexibility index (Phi) is 6.61. The maximum absolute atomic E-state index is 13.5. The molecule has 0 aliphatic carbocycles. The van der Waals surface area contributed by atoms with Gasteiger partial charge in [0, 0.05) is 5.69 Å². The van der Waals surface area contributed by atoms with Crippen LogP contribution in [-0.2, 0) is 4.79 Å². The van der Waals surface area contributed by atoms with Crippen molar-refractivity contribution in [1.29, 1.82) is 0 Å². The van der Waals surface area contributed by atoms with Gasteiger partial charge < -0.3 is 15.4 Å². The average molecular weight is 330 g/mol. The van der Waals surface area contributed by atoms with Gasteiger partial charge in [-0.25, -0.2) is 4.39 Å². The molecule has 0 saturated heterocycles. The quantitative estimate of drug-likeness (QED) is 0.758. The molecule has 24 heavy (non-hydrogen) atoms. The van der Waals surface area contributed by atoms with Crippen LogP contribution in [0.3, 0.4) is 0 Å². The number of hydrogen-bond donors (Lipinski definition) is 2. The summed E-state index contributed by atoms with van der Waals surface area (Å²) in [6.07, 6.45) is 1.00. The lowest BCUT2D eigenvalue weighted by Crippen LogP contribution is -2.22. The van der Waals surface area contributed by atoms with E-state index in [1.165, 1.54) is 6.07 Å². The second-order valence-corrected chi connectivity index (χ2v) is 5.94. The van der Waals surface area contributed by atoms with E-state index >= 15 is 0 Å². The van der Waals surface area contributed by atoms with E-state index in [1.807, 2.05) is 12.1 Å². The van der Waals surface area contributed by atoms with Gasteiger partial charge in [0.05, 0.1) is 18.8 Å². The van der Waals surface area contributed by atoms with Gasteiger partial charge in [-0.3, -0.25) is 4.79 Å². The Morgan fingerprint density at radius 3 is 2.50 bits per heavy atom. The molecule has 2 aromatic carbocycles. The first kappa shape index (κ1) is 17.8. The lowest BCUT2D eigenvalue weighted by molar-refractivity contribution is -0.114. The number of nitrogens with one attached hydrogen (secondary N) is 2. The Balaban J connectivity index is 1.78. The molecular formula is C19H23FN2O2. The monoisotopic (exact) mass is 330 g/mol. The summed E-state index contributed by atoms with van der Waals surface area (Å²) in [5.74, 6) is 0.753. The molecule has 128 valence electrons. The number of amides is 1. The molecule has 1 amide bonds. The second kappa shape index (κ2) is 8.91. The lowest BCUT2D eigenvalue weighted by Gasteiger charge is -2.10. The van der Waals surface area contributed by atoms with Gasteiger partial charge in [0.25, 0.3) is 0 Å². The molecule has 0 aliphatic heterocycles. The van der Waals surface area contributed by atoms with E-state index < -0.39 is 0 Å². The number of carbonyl (C=O) groups is 1. The first-order valence-corrected chi connectivity index (χ1v) is 8.05. The molecule has 0 aromatic heterocycles. The molecule has 4 nitrogen and oxygen atoms in total. The third kappa shape index (κ3) is 5.91. The SMILES string of the molecule is CC(C)CCOc1ccc(NC(=O)CNc2ccccc2F)cc1. The van der Waals surface area contributed by atoms with Crippen LogP contribution in [0, 0.1) is 11.7 Å². The fraction of sp³-hybridized carbons (Fsp3) is 0.316. The normalized spacial score (nSPS) is 10.5. The number of hydrogen-bond acceptors (Lipinski definition) is 3. The Labute approximate surface area is 142 Å². The predicted molar refractivity (Wildman–Crippen MR) is 94.9 cm³/mol. The van der Waals surface area contributed by atoms with Crippen molar-refractivity contribution in [3.05, 3.63) is 54.3 Å². The van der Waals surface area contributed by atoms with Crippen molar-refractivity contribution in [2.24, 2.45) is 5.92 Å². The van der Waals surface area contributed by atoms with Gasteiger partial charge in [-0.1, -0.05) is 26.0 Å². The summed E-state index contributed by atoms with van der Waals surface area (Å²) < 4.78 is 19.1. The lowest BCUT2D eigenvalue weighted by atomic mass is 10.1. The molecule has 0 radical (unpaired) electrons. The van der Waals surface area contributed by atoms with E-state index in [1.54, 1.807) is 30.3 Å². The Bertz CT molecular complexity index is 657. The van der Waals surface area contributed by atoms with Crippen molar-refractivity contribution in [3.8, 4) is 5.75 Å². The van der Waals surface area contributed by atoms with E-state index in [-0.39, 0.29) is 18.3 Å². The number of halogens is 1. The second-order valence-electron chi connectivity index (χ2n) is 5.94. The van der Waals surface area contributed by atoms with E-state index in [4.69, 9.17) is 4.74 Å². The van der Waals surface area contributed by atoms with Gasteiger partial charge in [0.15, 0.2) is 0 Å². The molecule has 2 aromatic rings. The molecule has 0 saturated carbocycles. The van der Waals surface area contributed by atoms with Crippen molar-refractivity contribution < 1.29 is 13.9 Å². The number of benzene rings is 2. The van der Waals surface area contributed by atoms with Crippen molar-refractivity contribution in [2.75, 3.05) is 23.8 Å². The highest BCUT2D eigenvalue weighted by Gasteiger charge is 2.05. The van der Waals surface area contributed by atoms with Crippen LogP contribution >= 0.6 is 0 Å². The highest BCUT2D eigenvalue weighted by molar-refractivity contribution is 5.93. The first-order chi connectivity index (χ1) is 11.5. The topological polar surface area (TPSA) is 50.4 Å². The molecule has 0 bridgehead atoms. The molecule has 2 rings (SSSR count). The molecule has 0 unspecified atom stereocenters. The van der Waals surface area contributed by atoms with Gasteiger partial charge in [0.1, 0.15) is 11.6 Å². The molecule has 0 aliphatic rings. The number of carbonyl (C=O) groups excluding carboxylic acids is 1. The maximum atomic E-state index is 13.5. The van der Waals surface area contributed by atoms with Crippen LogP contribution in [0.2, 0.25) is 0 Å². The van der Waals surface area contributed by atoms with Gasteiger partial charge in [-0.2, -0.15) is 0 Å². The fourth-order valence-electron chi connectivity index (χ4n) is 2.03. The molecule has 0 fully saturated rings. The molecule has 0 atom stereocenters. The smallest absolute Gasteiger partial charge is 0.243 e. The zero-order valence-corrected chi connectivity index (χ0v) is 14.0. The zero-order valence-electron chi connectivity index (χ0n) is 14.0. The summed E-state index contributed by atoms with van der Waals surface area (Å²) >= 11 is 0. The minimum atomic E-state index is -0.381. The third-order valence-corrected chi connectivity index (χ3v) is 3.42. The molecular weight excluding hydrogens is 307 g/mol. The fourth-order valence-corrected chi connectivity index (χ4v) is 2.03. The summed E-state index contributed by atoms with van der Waals surface area (Å²) in [5.41, 5.74) is 0.980. The van der Waals surface area contributed by atoms with E-state index in [2.05, 4.69) is 24.5 Å². The van der Waals surface area contributed by atoms with Crippen molar-refractivity contribution >= 4 is 17.3 Å². The zero-order chi connectivity index (χ0) is 17.4. The third-order valence-electron chi connectivity index (χ3n) is 3.42. The van der Waals surface area contributed by atoms with E-state index in [9.17, 15) is 9.18 Å². The summed E-state index contributed by atoms with van der Waals surface area (Å²) in [6, 6.07) is 13.5. The van der Waals surface area contributed by atoms with Crippen molar-refractivity contribution in [3.63, 3.8) is 0 Å². The molecule has 2 N–H and O–H groups in total. The molecule has 0 heterocycles. The summed E-state index contributed by atoms with van der Waals surface area (Å²) in [6.45, 7) is 4.97. The highest BCUT2D eigenvalue weighted by atomic mass is 19.1. The Morgan fingerprint density at radius 2 is 1.83 bits per heavy atom. The average Bonchev–Trinajstić information content (AvgIpc) is 2.55. The van der Waals surface area contributed by atoms with E-state index in [0.717, 1.165) is 12.2 Å². The van der Waals surface area contributed by atoms with Crippen LogP contribution in [-0.4, -0.2) is 19.1 Å². The predicted octanol–water partition coefficient (Wildman–Crippen LogP) is 4.30. The summed E-state index contributed by atoms with van der Waals surface area (Å²) in [4.78, 5) is 11.9. The van der Waals surface area contributed by atoms with Gasteiger partial charge in [-0.15, -0.1) is 0 Å². The van der Waals surface area contributed by atoms with Gasteiger partial charge >= 0.3 is 0 Å². The van der Waals surface area contributed by atoms with Crippen LogP contribution in [0.4, 0.5) is 15.8 Å². The number of ether oxygens (including phenoxy) is 1. The summed E-state index contributed by atoms with van der Waals surface area (Å²) in [7, 11) is 0. The Morgan fingerprint density at radius 1 is 1.12 bits per heavy atom. The highest BCUT2D eigenvalue weighted by Crippen LogP contribution is 2.17. The summed E-state index contributed by atoms with van der Waals surface area (Å²) in [5, 5.41) is 5.52. The van der Waals surface area contributed by atoms with Gasteiger partial charge in [-0.05, 0) is 48.7 Å². The van der Waals surface area contributed by atoms with Crippen LogP contribution in [0.25, 0.3) is 0 Å². The van der Waals surface area contributed by atoms with Crippen molar-refractivity contribution in [2.45, 2.75) is 20.3 Å². The minimum Gasteiger partial charge on any atom is -0.494 e. The first-order valence-electron chi connectivity index (χ1n) is 8.05. The van der Waals surface area contributed by atoms with E-state index in [0.29, 0.717) is 23.9 Å². The minimum absolute atomic E-state index is 0.00638. The number of rotatable bonds is 8. The molecule has 0 spiro atoms. The largest absolute Gasteiger partial charge is 0.494 e. The maximum Gasteiger partial charge on any atom is 0.243 e. The van der Waals surface area contributed by atoms with Crippen LogP contribution in [0.5, 0.6) is 5.75 Å². The Hall–Kier alpha value is -2.56.